The Morgan fingerprint density at radius 3 is 2.84 bits per heavy atom. The van der Waals surface area contributed by atoms with Gasteiger partial charge in [-0.2, -0.15) is 0 Å². The molecule has 19 heavy (non-hydrogen) atoms. The van der Waals surface area contributed by atoms with Crippen LogP contribution in [0.25, 0.3) is 0 Å². The van der Waals surface area contributed by atoms with Crippen molar-refractivity contribution in [3.8, 4) is 0 Å². The number of piperidine rings is 1. The number of carbonyl (C=O) groups excluding carboxylic acids is 1. The molecule has 2 N–H and O–H groups in total. The van der Waals surface area contributed by atoms with Crippen LogP contribution in [0.4, 0.5) is 10.5 Å². The first-order valence-electron chi connectivity index (χ1n) is 7.08. The highest BCUT2D eigenvalue weighted by molar-refractivity contribution is 5.89. The monoisotopic (exact) mass is 259 g/mol. The zero-order valence-corrected chi connectivity index (χ0v) is 11.4. The summed E-state index contributed by atoms with van der Waals surface area (Å²) in [5.41, 5.74) is 2.08. The quantitative estimate of drug-likeness (QED) is 0.812. The first-order valence-corrected chi connectivity index (χ1v) is 7.08. The van der Waals surface area contributed by atoms with Gasteiger partial charge in [0.25, 0.3) is 0 Å². The lowest BCUT2D eigenvalue weighted by molar-refractivity contribution is 0.220. The van der Waals surface area contributed by atoms with Crippen LogP contribution in [0.5, 0.6) is 0 Å². The van der Waals surface area contributed by atoms with Gasteiger partial charge in [0.15, 0.2) is 0 Å². The van der Waals surface area contributed by atoms with Gasteiger partial charge in [-0.15, -0.1) is 0 Å². The largest absolute Gasteiger partial charge is 0.323 e. The third kappa shape index (κ3) is 2.73. The number of nitrogens with zero attached hydrogens (tertiary/aromatic N) is 1. The van der Waals surface area contributed by atoms with E-state index in [1.165, 1.54) is 18.4 Å². The summed E-state index contributed by atoms with van der Waals surface area (Å²) >= 11 is 0. The summed E-state index contributed by atoms with van der Waals surface area (Å²) in [7, 11) is 0. The highest BCUT2D eigenvalue weighted by atomic mass is 16.2. The molecule has 2 heterocycles. The fourth-order valence-electron chi connectivity index (χ4n) is 3.05. The van der Waals surface area contributed by atoms with Crippen molar-refractivity contribution in [2.45, 2.75) is 25.8 Å². The maximum Gasteiger partial charge on any atom is 0.321 e. The second kappa shape index (κ2) is 5.21. The van der Waals surface area contributed by atoms with Crippen molar-refractivity contribution < 1.29 is 4.79 Å². The first-order chi connectivity index (χ1) is 9.22. The van der Waals surface area contributed by atoms with Crippen LogP contribution >= 0.6 is 0 Å². The van der Waals surface area contributed by atoms with Crippen molar-refractivity contribution in [1.29, 1.82) is 0 Å². The van der Waals surface area contributed by atoms with Gasteiger partial charge >= 0.3 is 6.03 Å². The fraction of sp³-hybridized carbons (Fsp3) is 0.533. The highest BCUT2D eigenvalue weighted by Gasteiger charge is 2.36. The Kier molecular flexibility index (Phi) is 3.42. The van der Waals surface area contributed by atoms with Crippen molar-refractivity contribution in [3.05, 3.63) is 29.8 Å². The van der Waals surface area contributed by atoms with Crippen LogP contribution in [-0.2, 0) is 0 Å². The smallest absolute Gasteiger partial charge is 0.321 e. The predicted molar refractivity (Wildman–Crippen MR) is 76.3 cm³/mol. The van der Waals surface area contributed by atoms with Crippen molar-refractivity contribution in [3.63, 3.8) is 0 Å². The van der Waals surface area contributed by atoms with Gasteiger partial charge in [-0.1, -0.05) is 17.7 Å². The van der Waals surface area contributed by atoms with Gasteiger partial charge in [0, 0.05) is 24.8 Å². The molecule has 4 heteroatoms. The van der Waals surface area contributed by atoms with Crippen LogP contribution in [0.1, 0.15) is 18.4 Å². The van der Waals surface area contributed by atoms with E-state index >= 15 is 0 Å². The summed E-state index contributed by atoms with van der Waals surface area (Å²) in [5, 5.41) is 6.50. The van der Waals surface area contributed by atoms with Gasteiger partial charge in [-0.25, -0.2) is 4.79 Å². The van der Waals surface area contributed by atoms with Crippen molar-refractivity contribution in [2.24, 2.45) is 5.92 Å². The minimum atomic E-state index is 0.0278. The summed E-state index contributed by atoms with van der Waals surface area (Å²) in [5.74, 6) is 0.637. The molecule has 2 fully saturated rings. The van der Waals surface area contributed by atoms with E-state index in [1.807, 2.05) is 36.1 Å². The number of amides is 2. The molecule has 102 valence electrons. The number of hydrogen-bond acceptors (Lipinski definition) is 2. The topological polar surface area (TPSA) is 44.4 Å². The Bertz CT molecular complexity index is 443. The minimum Gasteiger partial charge on any atom is -0.323 e. The molecule has 3 rings (SSSR count). The number of urea groups is 1. The normalized spacial score (nSPS) is 26.1. The number of fused-ring (bicyclic) bond motifs is 1. The van der Waals surface area contributed by atoms with E-state index in [0.29, 0.717) is 12.0 Å². The van der Waals surface area contributed by atoms with Crippen molar-refractivity contribution >= 4 is 11.7 Å². The average Bonchev–Trinajstić information content (AvgIpc) is 2.85. The lowest BCUT2D eigenvalue weighted by atomic mass is 9.94. The molecule has 2 amide bonds. The second-order valence-electron chi connectivity index (χ2n) is 5.66. The third-order valence-corrected chi connectivity index (χ3v) is 4.19. The number of benzene rings is 1. The van der Waals surface area contributed by atoms with E-state index in [2.05, 4.69) is 10.6 Å². The van der Waals surface area contributed by atoms with Crippen molar-refractivity contribution in [2.75, 3.05) is 25.0 Å². The molecule has 0 radical (unpaired) electrons. The number of aryl methyl sites for hydroxylation is 1. The summed E-state index contributed by atoms with van der Waals surface area (Å²) in [6.45, 7) is 4.86. The molecule has 2 unspecified atom stereocenters. The molecule has 2 aliphatic heterocycles. The number of nitrogens with one attached hydrogen (secondary N) is 2. The van der Waals surface area contributed by atoms with Crippen LogP contribution in [0.3, 0.4) is 0 Å². The van der Waals surface area contributed by atoms with Gasteiger partial charge in [0.1, 0.15) is 0 Å². The molecule has 0 aromatic heterocycles. The Balaban J connectivity index is 1.60. The molecule has 1 aromatic carbocycles. The van der Waals surface area contributed by atoms with E-state index in [-0.39, 0.29) is 6.03 Å². The maximum absolute atomic E-state index is 12.2. The predicted octanol–water partition coefficient (Wildman–Crippen LogP) is 2.21. The van der Waals surface area contributed by atoms with Crippen LogP contribution in [-0.4, -0.2) is 36.6 Å². The molecule has 0 aliphatic carbocycles. The molecule has 1 aromatic rings. The van der Waals surface area contributed by atoms with E-state index in [4.69, 9.17) is 0 Å². The summed E-state index contributed by atoms with van der Waals surface area (Å²) < 4.78 is 0. The van der Waals surface area contributed by atoms with E-state index < -0.39 is 0 Å². The number of rotatable bonds is 1. The third-order valence-electron chi connectivity index (χ3n) is 4.19. The molecular weight excluding hydrogens is 238 g/mol. The maximum atomic E-state index is 12.2. The van der Waals surface area contributed by atoms with Gasteiger partial charge in [-0.3, -0.25) is 0 Å². The van der Waals surface area contributed by atoms with Crippen molar-refractivity contribution in [1.82, 2.24) is 10.2 Å². The van der Waals surface area contributed by atoms with Crippen LogP contribution in [0, 0.1) is 12.8 Å². The SMILES string of the molecule is Cc1ccc(NC(=O)N2CC3CCCNC3C2)cc1. The first kappa shape index (κ1) is 12.5. The molecule has 2 saturated heterocycles. The van der Waals surface area contributed by atoms with Crippen LogP contribution in [0.15, 0.2) is 24.3 Å². The molecule has 0 saturated carbocycles. The van der Waals surface area contributed by atoms with Gasteiger partial charge in [0.05, 0.1) is 0 Å². The molecule has 2 aliphatic rings. The summed E-state index contributed by atoms with van der Waals surface area (Å²) in [6.07, 6.45) is 2.47. The molecule has 0 bridgehead atoms. The lowest BCUT2D eigenvalue weighted by Gasteiger charge is -2.24. The van der Waals surface area contributed by atoms with E-state index in [9.17, 15) is 4.79 Å². The summed E-state index contributed by atoms with van der Waals surface area (Å²) in [4.78, 5) is 14.2. The lowest BCUT2D eigenvalue weighted by Crippen LogP contribution is -2.41. The number of carbonyl (C=O) groups is 1. The van der Waals surface area contributed by atoms with Gasteiger partial charge in [0.2, 0.25) is 0 Å². The van der Waals surface area contributed by atoms with E-state index in [1.54, 1.807) is 0 Å². The minimum absolute atomic E-state index is 0.0278. The number of hydrogen-bond donors (Lipinski definition) is 2. The van der Waals surface area contributed by atoms with Gasteiger partial charge in [-0.05, 0) is 44.4 Å². The second-order valence-corrected chi connectivity index (χ2v) is 5.66. The molecule has 2 atom stereocenters. The molecular formula is C15H21N3O. The number of anilines is 1. The highest BCUT2D eigenvalue weighted by Crippen LogP contribution is 2.25. The van der Waals surface area contributed by atoms with Gasteiger partial charge < -0.3 is 15.5 Å². The van der Waals surface area contributed by atoms with Crippen LogP contribution in [0.2, 0.25) is 0 Å². The average molecular weight is 259 g/mol. The zero-order valence-electron chi connectivity index (χ0n) is 11.4. The summed E-state index contributed by atoms with van der Waals surface area (Å²) in [6, 6.07) is 8.46. The Labute approximate surface area is 114 Å². The number of likely N-dealkylation sites (tertiary alicyclic amines) is 1. The van der Waals surface area contributed by atoms with E-state index in [0.717, 1.165) is 25.3 Å². The Morgan fingerprint density at radius 2 is 2.11 bits per heavy atom. The Hall–Kier alpha value is -1.55. The van der Waals surface area contributed by atoms with Crippen LogP contribution < -0.4 is 10.6 Å². The Morgan fingerprint density at radius 1 is 1.32 bits per heavy atom. The standard InChI is InChI=1S/C15H21N3O/c1-11-4-6-13(7-5-11)17-15(19)18-9-12-3-2-8-16-14(12)10-18/h4-7,12,14,16H,2-3,8-10H2,1H3,(H,17,19). The molecule has 0 spiro atoms. The molecule has 4 nitrogen and oxygen atoms in total. The fourth-order valence-corrected chi connectivity index (χ4v) is 3.05. The zero-order chi connectivity index (χ0) is 13.2.